The van der Waals surface area contributed by atoms with Gasteiger partial charge in [0, 0.05) is 0 Å². The fourth-order valence-electron chi connectivity index (χ4n) is 0.518. The smallest absolute Gasteiger partial charge is 0.0642 e. The van der Waals surface area contributed by atoms with Gasteiger partial charge in [-0.25, -0.2) is 0 Å². The summed E-state index contributed by atoms with van der Waals surface area (Å²) in [6.07, 6.45) is 3.99. The number of aliphatic hydroxyl groups is 1. The van der Waals surface area contributed by atoms with Crippen LogP contribution in [0.15, 0.2) is 23.3 Å². The number of rotatable bonds is 2. The monoisotopic (exact) mass is 126 g/mol. The second-order valence-corrected chi connectivity index (χ2v) is 2.18. The van der Waals surface area contributed by atoms with E-state index in [1.165, 1.54) is 5.57 Å². The molecule has 0 atom stereocenters. The van der Waals surface area contributed by atoms with Crippen molar-refractivity contribution in [2.24, 2.45) is 0 Å². The second kappa shape index (κ2) is 4.33. The fourth-order valence-corrected chi connectivity index (χ4v) is 0.518. The van der Waals surface area contributed by atoms with Gasteiger partial charge in [0.1, 0.15) is 0 Å². The highest BCUT2D eigenvalue weighted by atomic mass is 16.3. The minimum Gasteiger partial charge on any atom is -0.392 e. The van der Waals surface area contributed by atoms with Gasteiger partial charge in [-0.15, -0.1) is 0 Å². The Morgan fingerprint density at radius 2 is 2.00 bits per heavy atom. The first-order valence-corrected chi connectivity index (χ1v) is 3.11. The molecule has 0 fully saturated rings. The van der Waals surface area contributed by atoms with E-state index in [2.05, 4.69) is 0 Å². The average Bonchev–Trinajstić information content (AvgIpc) is 1.87. The van der Waals surface area contributed by atoms with Gasteiger partial charge in [-0.1, -0.05) is 17.7 Å². The molecule has 0 aliphatic carbocycles. The molecular formula is C8H14O. The van der Waals surface area contributed by atoms with Gasteiger partial charge < -0.3 is 5.11 Å². The topological polar surface area (TPSA) is 20.2 Å². The quantitative estimate of drug-likeness (QED) is 0.560. The first kappa shape index (κ1) is 8.44. The summed E-state index contributed by atoms with van der Waals surface area (Å²) in [5.74, 6) is 0. The zero-order chi connectivity index (χ0) is 7.28. The van der Waals surface area contributed by atoms with Crippen LogP contribution in [0.1, 0.15) is 20.8 Å². The van der Waals surface area contributed by atoms with Crippen molar-refractivity contribution in [3.63, 3.8) is 0 Å². The number of hydrogen-bond acceptors (Lipinski definition) is 1. The van der Waals surface area contributed by atoms with E-state index in [4.69, 9.17) is 5.11 Å². The first-order valence-electron chi connectivity index (χ1n) is 3.11. The van der Waals surface area contributed by atoms with Crippen LogP contribution in [0.25, 0.3) is 0 Å². The molecule has 0 amide bonds. The number of hydrogen-bond donors (Lipinski definition) is 1. The number of allylic oxidation sites excluding steroid dienone is 3. The molecule has 1 nitrogen and oxygen atoms in total. The molecule has 0 unspecified atom stereocenters. The molecule has 0 aliphatic heterocycles. The van der Waals surface area contributed by atoms with Crippen molar-refractivity contribution < 1.29 is 5.11 Å². The molecule has 0 aliphatic rings. The Hall–Kier alpha value is -0.560. The predicted octanol–water partition coefficient (Wildman–Crippen LogP) is 1.89. The summed E-state index contributed by atoms with van der Waals surface area (Å²) in [6, 6.07) is 0. The molecule has 0 radical (unpaired) electrons. The summed E-state index contributed by atoms with van der Waals surface area (Å²) in [4.78, 5) is 0. The summed E-state index contributed by atoms with van der Waals surface area (Å²) >= 11 is 0. The van der Waals surface area contributed by atoms with Crippen LogP contribution in [0.5, 0.6) is 0 Å². The highest BCUT2D eigenvalue weighted by Crippen LogP contribution is 1.99. The van der Waals surface area contributed by atoms with Crippen LogP contribution >= 0.6 is 0 Å². The van der Waals surface area contributed by atoms with Crippen molar-refractivity contribution in [2.45, 2.75) is 20.8 Å². The standard InChI is InChI=1S/C8H14O/c1-4-7(2)5-8(3)6-9/h4-5,9H,6H2,1-3H3/b7-4+,8-5+. The zero-order valence-corrected chi connectivity index (χ0v) is 6.31. The summed E-state index contributed by atoms with van der Waals surface area (Å²) in [5.41, 5.74) is 2.20. The third-order valence-corrected chi connectivity index (χ3v) is 1.18. The van der Waals surface area contributed by atoms with Gasteiger partial charge in [0.05, 0.1) is 6.61 Å². The first-order chi connectivity index (χ1) is 4.20. The van der Waals surface area contributed by atoms with Gasteiger partial charge in [0.25, 0.3) is 0 Å². The maximum Gasteiger partial charge on any atom is 0.0642 e. The normalized spacial score (nSPS) is 14.2. The third-order valence-electron chi connectivity index (χ3n) is 1.18. The molecule has 1 heteroatoms. The van der Waals surface area contributed by atoms with Crippen molar-refractivity contribution in [1.29, 1.82) is 0 Å². The molecule has 0 rings (SSSR count). The lowest BCUT2D eigenvalue weighted by atomic mass is 10.2. The highest BCUT2D eigenvalue weighted by Gasteiger charge is 1.83. The fraction of sp³-hybridized carbons (Fsp3) is 0.500. The van der Waals surface area contributed by atoms with Gasteiger partial charge in [0.2, 0.25) is 0 Å². The van der Waals surface area contributed by atoms with Crippen molar-refractivity contribution in [3.05, 3.63) is 23.3 Å². The molecular weight excluding hydrogens is 112 g/mol. The number of aliphatic hydroxyl groups excluding tert-OH is 1. The summed E-state index contributed by atoms with van der Waals surface area (Å²) < 4.78 is 0. The van der Waals surface area contributed by atoms with Gasteiger partial charge >= 0.3 is 0 Å². The van der Waals surface area contributed by atoms with E-state index in [0.29, 0.717) is 0 Å². The molecule has 0 saturated heterocycles. The van der Waals surface area contributed by atoms with E-state index >= 15 is 0 Å². The van der Waals surface area contributed by atoms with E-state index < -0.39 is 0 Å². The van der Waals surface area contributed by atoms with Crippen molar-refractivity contribution in [3.8, 4) is 0 Å². The molecule has 9 heavy (non-hydrogen) atoms. The SMILES string of the molecule is C/C=C(C)/C=C(\C)CO. The van der Waals surface area contributed by atoms with E-state index in [1.807, 2.05) is 32.9 Å². The largest absolute Gasteiger partial charge is 0.392 e. The minimum atomic E-state index is 0.158. The zero-order valence-electron chi connectivity index (χ0n) is 6.31. The summed E-state index contributed by atoms with van der Waals surface area (Å²) in [6.45, 7) is 6.06. The van der Waals surface area contributed by atoms with E-state index in [-0.39, 0.29) is 6.61 Å². The molecule has 1 N–H and O–H groups in total. The van der Waals surface area contributed by atoms with Crippen LogP contribution in [0.2, 0.25) is 0 Å². The van der Waals surface area contributed by atoms with Crippen LogP contribution in [0, 0.1) is 0 Å². The summed E-state index contributed by atoms with van der Waals surface area (Å²) in [5, 5.41) is 8.58. The van der Waals surface area contributed by atoms with Gasteiger partial charge in [-0.3, -0.25) is 0 Å². The van der Waals surface area contributed by atoms with Crippen molar-refractivity contribution >= 4 is 0 Å². The maximum atomic E-state index is 8.58. The highest BCUT2D eigenvalue weighted by molar-refractivity contribution is 5.19. The van der Waals surface area contributed by atoms with Crippen LogP contribution in [0.3, 0.4) is 0 Å². The van der Waals surface area contributed by atoms with Crippen LogP contribution in [0.4, 0.5) is 0 Å². The molecule has 0 heterocycles. The van der Waals surface area contributed by atoms with Crippen LogP contribution in [-0.4, -0.2) is 11.7 Å². The lowest BCUT2D eigenvalue weighted by Crippen LogP contribution is -1.83. The molecule has 0 spiro atoms. The maximum absolute atomic E-state index is 8.58. The van der Waals surface area contributed by atoms with Crippen molar-refractivity contribution in [2.75, 3.05) is 6.61 Å². The Balaban J connectivity index is 3.95. The van der Waals surface area contributed by atoms with E-state index in [1.54, 1.807) is 0 Å². The lowest BCUT2D eigenvalue weighted by molar-refractivity contribution is 0.331. The van der Waals surface area contributed by atoms with Gasteiger partial charge in [0.15, 0.2) is 0 Å². The second-order valence-electron chi connectivity index (χ2n) is 2.18. The Bertz CT molecular complexity index is 132. The molecule has 0 aromatic rings. The molecule has 0 aromatic carbocycles. The van der Waals surface area contributed by atoms with Gasteiger partial charge in [-0.05, 0) is 26.3 Å². The predicted molar refractivity (Wildman–Crippen MR) is 40.3 cm³/mol. The van der Waals surface area contributed by atoms with E-state index in [0.717, 1.165) is 5.57 Å². The van der Waals surface area contributed by atoms with Crippen molar-refractivity contribution in [1.82, 2.24) is 0 Å². The lowest BCUT2D eigenvalue weighted by Gasteiger charge is -1.93. The summed E-state index contributed by atoms with van der Waals surface area (Å²) in [7, 11) is 0. The molecule has 0 aromatic heterocycles. The van der Waals surface area contributed by atoms with Crippen LogP contribution < -0.4 is 0 Å². The Kier molecular flexibility index (Phi) is 4.06. The minimum absolute atomic E-state index is 0.158. The Morgan fingerprint density at radius 3 is 2.33 bits per heavy atom. The van der Waals surface area contributed by atoms with Gasteiger partial charge in [-0.2, -0.15) is 0 Å². The molecule has 0 saturated carbocycles. The van der Waals surface area contributed by atoms with Crippen LogP contribution in [-0.2, 0) is 0 Å². The third kappa shape index (κ3) is 3.98. The average molecular weight is 126 g/mol. The Labute approximate surface area is 56.7 Å². The molecule has 0 bridgehead atoms. The molecule has 52 valence electrons. The van der Waals surface area contributed by atoms with E-state index in [9.17, 15) is 0 Å². The Morgan fingerprint density at radius 1 is 1.44 bits per heavy atom.